The van der Waals surface area contributed by atoms with Gasteiger partial charge in [0.2, 0.25) is 0 Å². The third kappa shape index (κ3) is 6.76. The summed E-state index contributed by atoms with van der Waals surface area (Å²) in [5.74, 6) is 1.90. The van der Waals surface area contributed by atoms with Gasteiger partial charge in [0.15, 0.2) is 5.78 Å². The molecule has 0 aliphatic heterocycles. The quantitative estimate of drug-likeness (QED) is 0.472. The van der Waals surface area contributed by atoms with Crippen LogP contribution in [-0.2, 0) is 9.59 Å². The van der Waals surface area contributed by atoms with Crippen molar-refractivity contribution in [3.05, 3.63) is 5.57 Å². The van der Waals surface area contributed by atoms with Crippen molar-refractivity contribution in [3.8, 4) is 0 Å². The van der Waals surface area contributed by atoms with E-state index in [2.05, 4.69) is 0 Å². The molecule has 0 saturated heterocycles. The van der Waals surface area contributed by atoms with E-state index >= 15 is 0 Å². The van der Waals surface area contributed by atoms with E-state index in [0.717, 1.165) is 25.7 Å². The maximum atomic E-state index is 11.8. The molecule has 0 aromatic rings. The molecule has 102 valence electrons. The molecule has 1 rings (SSSR count). The highest BCUT2D eigenvalue weighted by Gasteiger charge is 2.10. The van der Waals surface area contributed by atoms with Gasteiger partial charge >= 0.3 is 0 Å². The molecule has 0 radical (unpaired) electrons. The Morgan fingerprint density at radius 1 is 0.611 bits per heavy atom. The van der Waals surface area contributed by atoms with E-state index in [4.69, 9.17) is 0 Å². The van der Waals surface area contributed by atoms with Crippen LogP contribution in [-0.4, -0.2) is 11.7 Å². The van der Waals surface area contributed by atoms with E-state index in [1.165, 1.54) is 44.9 Å². The minimum Gasteiger partial charge on any atom is -0.294 e. The summed E-state index contributed by atoms with van der Waals surface area (Å²) >= 11 is 0. The summed E-state index contributed by atoms with van der Waals surface area (Å²) in [6, 6.07) is 0. The molecule has 1 fully saturated rings. The Morgan fingerprint density at radius 2 is 1.00 bits per heavy atom. The summed E-state index contributed by atoms with van der Waals surface area (Å²) in [6.45, 7) is 0. The molecule has 0 heterocycles. The first kappa shape index (κ1) is 15.2. The first-order valence-electron chi connectivity index (χ1n) is 7.62. The lowest BCUT2D eigenvalue weighted by Crippen LogP contribution is -2.03. The number of Topliss-reactive ketones (excluding diaryl/α,β-unsaturated/α-hetero) is 1. The zero-order chi connectivity index (χ0) is 13.1. The summed E-state index contributed by atoms with van der Waals surface area (Å²) in [5, 5.41) is 0. The molecule has 18 heavy (non-hydrogen) atoms. The third-order valence-electron chi connectivity index (χ3n) is 3.79. The van der Waals surface area contributed by atoms with E-state index < -0.39 is 0 Å². The van der Waals surface area contributed by atoms with Crippen LogP contribution in [0.1, 0.15) is 83.5 Å². The number of carbonyl (C=O) groups excluding carboxylic acids is 2. The zero-order valence-electron chi connectivity index (χ0n) is 11.5. The van der Waals surface area contributed by atoms with Crippen LogP contribution in [0.2, 0.25) is 0 Å². The van der Waals surface area contributed by atoms with Crippen LogP contribution in [0.25, 0.3) is 0 Å². The van der Waals surface area contributed by atoms with Crippen LogP contribution in [0.5, 0.6) is 0 Å². The van der Waals surface area contributed by atoms with E-state index in [1.54, 1.807) is 0 Å². The maximum Gasteiger partial charge on any atom is 0.169 e. The van der Waals surface area contributed by atoms with Gasteiger partial charge in [0, 0.05) is 6.42 Å². The lowest BCUT2D eigenvalue weighted by Gasteiger charge is -2.02. The number of allylic oxidation sites excluding steroid dienone is 1. The second kappa shape index (κ2) is 10.1. The molecule has 0 atom stereocenters. The molecule has 1 aliphatic rings. The van der Waals surface area contributed by atoms with Crippen molar-refractivity contribution < 1.29 is 9.59 Å². The van der Waals surface area contributed by atoms with Crippen molar-refractivity contribution in [1.29, 1.82) is 0 Å². The third-order valence-corrected chi connectivity index (χ3v) is 3.79. The second-order valence-corrected chi connectivity index (χ2v) is 5.39. The fourth-order valence-electron chi connectivity index (χ4n) is 2.58. The Kier molecular flexibility index (Phi) is 8.50. The standard InChI is InChI=1S/C16H26O2/c17-14-15-12-10-8-6-4-2-1-3-5-7-9-11-13-16(15)18/h1-13H2. The summed E-state index contributed by atoms with van der Waals surface area (Å²) < 4.78 is 0. The highest BCUT2D eigenvalue weighted by atomic mass is 16.1. The predicted octanol–water partition coefficient (Wildman–Crippen LogP) is 4.40. The molecular weight excluding hydrogens is 224 g/mol. The van der Waals surface area contributed by atoms with Crippen LogP contribution < -0.4 is 0 Å². The van der Waals surface area contributed by atoms with Crippen LogP contribution in [0, 0.1) is 0 Å². The van der Waals surface area contributed by atoms with Gasteiger partial charge < -0.3 is 0 Å². The Bertz CT molecular complexity index is 287. The van der Waals surface area contributed by atoms with Crippen LogP contribution in [0.4, 0.5) is 0 Å². The Balaban J connectivity index is 2.38. The topological polar surface area (TPSA) is 34.1 Å². The van der Waals surface area contributed by atoms with Gasteiger partial charge in [-0.1, -0.05) is 57.8 Å². The minimum absolute atomic E-state index is 0.0415. The van der Waals surface area contributed by atoms with Gasteiger partial charge in [-0.2, -0.15) is 0 Å². The molecule has 0 unspecified atom stereocenters. The van der Waals surface area contributed by atoms with Gasteiger partial charge in [-0.15, -0.1) is 0 Å². The average molecular weight is 250 g/mol. The van der Waals surface area contributed by atoms with Crippen LogP contribution in [0.3, 0.4) is 0 Å². The molecule has 2 nitrogen and oxygen atoms in total. The first-order valence-corrected chi connectivity index (χ1v) is 7.62. The molecule has 0 aromatic carbocycles. The lowest BCUT2D eigenvalue weighted by atomic mass is 10.0. The normalized spacial score (nSPS) is 21.8. The molecular formula is C16H26O2. The molecule has 0 aromatic heterocycles. The highest BCUT2D eigenvalue weighted by molar-refractivity contribution is 6.02. The smallest absolute Gasteiger partial charge is 0.169 e. The molecule has 0 amide bonds. The largest absolute Gasteiger partial charge is 0.294 e. The van der Waals surface area contributed by atoms with E-state index in [9.17, 15) is 9.59 Å². The summed E-state index contributed by atoms with van der Waals surface area (Å²) in [7, 11) is 0. The van der Waals surface area contributed by atoms with E-state index in [-0.39, 0.29) is 5.78 Å². The molecule has 0 bridgehead atoms. The number of hydrogen-bond donors (Lipinski definition) is 0. The van der Waals surface area contributed by atoms with Gasteiger partial charge in [-0.3, -0.25) is 4.79 Å². The van der Waals surface area contributed by atoms with Gasteiger partial charge in [-0.05, 0) is 19.3 Å². The van der Waals surface area contributed by atoms with Crippen LogP contribution in [0.15, 0.2) is 5.57 Å². The molecule has 1 saturated carbocycles. The lowest BCUT2D eigenvalue weighted by molar-refractivity contribution is -0.115. The molecule has 1 aliphatic carbocycles. The van der Waals surface area contributed by atoms with Gasteiger partial charge in [0.05, 0.1) is 5.57 Å². The Morgan fingerprint density at radius 3 is 1.44 bits per heavy atom. The van der Waals surface area contributed by atoms with E-state index in [0.29, 0.717) is 18.4 Å². The molecule has 2 heteroatoms. The summed E-state index contributed by atoms with van der Waals surface area (Å²) in [5.41, 5.74) is 0.407. The van der Waals surface area contributed by atoms with Crippen molar-refractivity contribution in [3.63, 3.8) is 0 Å². The van der Waals surface area contributed by atoms with Crippen molar-refractivity contribution in [2.45, 2.75) is 83.5 Å². The van der Waals surface area contributed by atoms with Crippen molar-refractivity contribution in [1.82, 2.24) is 0 Å². The van der Waals surface area contributed by atoms with Crippen LogP contribution >= 0.6 is 0 Å². The van der Waals surface area contributed by atoms with Crippen molar-refractivity contribution in [2.75, 3.05) is 0 Å². The summed E-state index contributed by atoms with van der Waals surface area (Å²) in [4.78, 5) is 22.6. The first-order chi connectivity index (χ1) is 8.84. The zero-order valence-corrected chi connectivity index (χ0v) is 11.5. The fourth-order valence-corrected chi connectivity index (χ4v) is 2.58. The molecule has 0 spiro atoms. The van der Waals surface area contributed by atoms with E-state index in [1.807, 2.05) is 5.94 Å². The van der Waals surface area contributed by atoms with Gasteiger partial charge in [0.1, 0.15) is 5.94 Å². The Labute approximate surface area is 111 Å². The average Bonchev–Trinajstić information content (AvgIpc) is 2.39. The Hall–Kier alpha value is -0.880. The fraction of sp³-hybridized carbons (Fsp3) is 0.812. The number of rotatable bonds is 0. The monoisotopic (exact) mass is 250 g/mol. The number of hydrogen-bond acceptors (Lipinski definition) is 2. The number of carbonyl (C=O) groups is 1. The predicted molar refractivity (Wildman–Crippen MR) is 74.2 cm³/mol. The number of ketones is 1. The molecule has 0 N–H and O–H groups in total. The van der Waals surface area contributed by atoms with Gasteiger partial charge in [-0.25, -0.2) is 4.79 Å². The summed E-state index contributed by atoms with van der Waals surface area (Å²) in [6.07, 6.45) is 14.5. The second-order valence-electron chi connectivity index (χ2n) is 5.39. The van der Waals surface area contributed by atoms with Crippen molar-refractivity contribution >= 4 is 11.7 Å². The van der Waals surface area contributed by atoms with Crippen molar-refractivity contribution in [2.24, 2.45) is 0 Å². The SMILES string of the molecule is O=C=C1CCCCCCCCCCCCCC1=O. The minimum atomic E-state index is 0.0415. The highest BCUT2D eigenvalue weighted by Crippen LogP contribution is 2.16. The van der Waals surface area contributed by atoms with Gasteiger partial charge in [0.25, 0.3) is 0 Å². The maximum absolute atomic E-state index is 11.8.